The van der Waals surface area contributed by atoms with E-state index < -0.39 is 9.84 Å². The van der Waals surface area contributed by atoms with Gasteiger partial charge in [-0.2, -0.15) is 0 Å². The molecule has 0 bridgehead atoms. The van der Waals surface area contributed by atoms with Gasteiger partial charge in [-0.05, 0) is 30.2 Å². The van der Waals surface area contributed by atoms with E-state index in [4.69, 9.17) is 9.73 Å². The molecule has 2 aliphatic rings. The van der Waals surface area contributed by atoms with Crippen LogP contribution in [0.5, 0.6) is 5.75 Å². The number of amidine groups is 1. The number of rotatable bonds is 4. The molecule has 0 amide bonds. The first-order valence-electron chi connectivity index (χ1n) is 7.74. The van der Waals surface area contributed by atoms with Gasteiger partial charge in [0.1, 0.15) is 5.75 Å². The molecule has 1 fully saturated rings. The maximum absolute atomic E-state index is 12.0. The quantitative estimate of drug-likeness (QED) is 0.831. The maximum atomic E-state index is 12.0. The number of sulfone groups is 1. The van der Waals surface area contributed by atoms with Gasteiger partial charge in [0.15, 0.2) is 15.0 Å². The Balaban J connectivity index is 1.90. The number of nitrogens with zero attached hydrogens (tertiary/aromatic N) is 2. The molecule has 3 rings (SSSR count). The van der Waals surface area contributed by atoms with Crippen LogP contribution < -0.4 is 9.64 Å². The van der Waals surface area contributed by atoms with E-state index in [-0.39, 0.29) is 23.6 Å². The van der Waals surface area contributed by atoms with Crippen LogP contribution >= 0.6 is 11.8 Å². The highest BCUT2D eigenvalue weighted by atomic mass is 32.2. The lowest BCUT2D eigenvalue weighted by molar-refractivity contribution is 0.415. The van der Waals surface area contributed by atoms with Gasteiger partial charge in [-0.15, -0.1) is 0 Å². The van der Waals surface area contributed by atoms with Crippen molar-refractivity contribution >= 4 is 32.5 Å². The van der Waals surface area contributed by atoms with Gasteiger partial charge in [0.05, 0.1) is 30.7 Å². The summed E-state index contributed by atoms with van der Waals surface area (Å²) in [7, 11) is -1.36. The zero-order chi connectivity index (χ0) is 16.6. The average Bonchev–Trinajstić information content (AvgIpc) is 2.96. The van der Waals surface area contributed by atoms with Crippen LogP contribution in [0.4, 0.5) is 5.69 Å². The highest BCUT2D eigenvalue weighted by Crippen LogP contribution is 2.36. The van der Waals surface area contributed by atoms with Crippen LogP contribution in [0.15, 0.2) is 29.3 Å². The number of hydrogen-bond donors (Lipinski definition) is 0. The fraction of sp³-hybridized carbons (Fsp3) is 0.562. The van der Waals surface area contributed by atoms with Crippen LogP contribution in [-0.2, 0) is 9.84 Å². The summed E-state index contributed by atoms with van der Waals surface area (Å²) in [6.07, 6.45) is 0. The Morgan fingerprint density at radius 2 is 2.00 bits per heavy atom. The number of thioether (sulfide) groups is 1. The Bertz CT molecular complexity index is 699. The van der Waals surface area contributed by atoms with Gasteiger partial charge in [-0.1, -0.05) is 25.6 Å². The van der Waals surface area contributed by atoms with Gasteiger partial charge in [0.25, 0.3) is 0 Å². The van der Waals surface area contributed by atoms with Gasteiger partial charge in [0, 0.05) is 11.4 Å². The molecule has 0 saturated carbocycles. The number of hydrogen-bond acceptors (Lipinski definition) is 6. The topological polar surface area (TPSA) is 59.0 Å². The molecule has 0 radical (unpaired) electrons. The number of aliphatic imine (C=N–C) groups is 1. The summed E-state index contributed by atoms with van der Waals surface area (Å²) in [5.74, 6) is 2.66. The molecule has 1 saturated heterocycles. The van der Waals surface area contributed by atoms with Gasteiger partial charge in [-0.25, -0.2) is 8.42 Å². The SMILES string of the molecule is COc1ccc(N2C(SCC(C)C)=N[C@H]3CS(=O)(=O)C[C@@H]32)cc1. The molecule has 2 heterocycles. The molecule has 0 aliphatic carbocycles. The van der Waals surface area contributed by atoms with E-state index in [9.17, 15) is 8.42 Å². The number of benzene rings is 1. The molecule has 2 atom stereocenters. The van der Waals surface area contributed by atoms with Crippen LogP contribution in [0.25, 0.3) is 0 Å². The summed E-state index contributed by atoms with van der Waals surface area (Å²) in [6, 6.07) is 7.52. The first-order chi connectivity index (χ1) is 10.9. The molecule has 0 N–H and O–H groups in total. The summed E-state index contributed by atoms with van der Waals surface area (Å²) in [6.45, 7) is 4.34. The van der Waals surface area contributed by atoms with Gasteiger partial charge in [0.2, 0.25) is 0 Å². The molecule has 0 spiro atoms. The molecular weight excluding hydrogens is 332 g/mol. The van der Waals surface area contributed by atoms with Crippen molar-refractivity contribution in [2.45, 2.75) is 25.9 Å². The highest BCUT2D eigenvalue weighted by molar-refractivity contribution is 8.14. The summed E-state index contributed by atoms with van der Waals surface area (Å²) >= 11 is 1.71. The Hall–Kier alpha value is -1.21. The Labute approximate surface area is 142 Å². The van der Waals surface area contributed by atoms with Gasteiger partial charge < -0.3 is 9.64 Å². The van der Waals surface area contributed by atoms with Crippen LogP contribution in [0.1, 0.15) is 13.8 Å². The molecule has 5 nitrogen and oxygen atoms in total. The van der Waals surface area contributed by atoms with E-state index in [0.717, 1.165) is 22.4 Å². The standard InChI is InChI=1S/C16H22N2O3S2/c1-11(2)8-22-16-17-14-9-23(19,20)10-15(14)18(16)12-4-6-13(21-3)7-5-12/h4-7,11,14-15H,8-10H2,1-3H3/t14-,15-/m0/s1. The lowest BCUT2D eigenvalue weighted by Crippen LogP contribution is -2.39. The van der Waals surface area contributed by atoms with E-state index in [1.165, 1.54) is 0 Å². The van der Waals surface area contributed by atoms with E-state index >= 15 is 0 Å². The van der Waals surface area contributed by atoms with Crippen molar-refractivity contribution in [3.63, 3.8) is 0 Å². The average molecular weight is 354 g/mol. The fourth-order valence-corrected chi connectivity index (χ4v) is 5.84. The molecule has 0 aromatic heterocycles. The van der Waals surface area contributed by atoms with Crippen LogP contribution in [-0.4, -0.2) is 50.0 Å². The second-order valence-corrected chi connectivity index (χ2v) is 9.54. The highest BCUT2D eigenvalue weighted by Gasteiger charge is 2.47. The van der Waals surface area contributed by atoms with E-state index in [0.29, 0.717) is 5.92 Å². The third-order valence-corrected chi connectivity index (χ3v) is 7.10. The maximum Gasteiger partial charge on any atom is 0.164 e. The first-order valence-corrected chi connectivity index (χ1v) is 10.5. The third-order valence-electron chi connectivity index (χ3n) is 4.00. The van der Waals surface area contributed by atoms with Gasteiger partial charge in [-0.3, -0.25) is 4.99 Å². The van der Waals surface area contributed by atoms with E-state index in [1.54, 1.807) is 18.9 Å². The van der Waals surface area contributed by atoms with Crippen molar-refractivity contribution < 1.29 is 13.2 Å². The Kier molecular flexibility index (Phi) is 4.60. The predicted octanol–water partition coefficient (Wildman–Crippen LogP) is 2.43. The summed E-state index contributed by atoms with van der Waals surface area (Å²) < 4.78 is 29.2. The minimum atomic E-state index is -3.00. The van der Waals surface area contributed by atoms with Crippen molar-refractivity contribution in [2.24, 2.45) is 10.9 Å². The number of anilines is 1. The number of fused-ring (bicyclic) bond motifs is 1. The molecular formula is C16H22N2O3S2. The normalized spacial score (nSPS) is 25.6. The second kappa shape index (κ2) is 6.36. The Morgan fingerprint density at radius 3 is 2.61 bits per heavy atom. The largest absolute Gasteiger partial charge is 0.497 e. The zero-order valence-corrected chi connectivity index (χ0v) is 15.2. The summed E-state index contributed by atoms with van der Waals surface area (Å²) in [4.78, 5) is 6.81. The zero-order valence-electron chi connectivity index (χ0n) is 13.6. The second-order valence-electron chi connectivity index (χ2n) is 6.40. The van der Waals surface area contributed by atoms with Gasteiger partial charge >= 0.3 is 0 Å². The van der Waals surface area contributed by atoms with Crippen LogP contribution in [0, 0.1) is 5.92 Å². The molecule has 0 unspecified atom stereocenters. The monoisotopic (exact) mass is 354 g/mol. The van der Waals surface area contributed by atoms with E-state index in [1.807, 2.05) is 24.3 Å². The fourth-order valence-electron chi connectivity index (χ4n) is 2.92. The summed E-state index contributed by atoms with van der Waals surface area (Å²) in [5, 5.41) is 0.939. The minimum absolute atomic E-state index is 0.0805. The smallest absolute Gasteiger partial charge is 0.164 e. The first kappa shape index (κ1) is 16.6. The molecule has 23 heavy (non-hydrogen) atoms. The van der Waals surface area contributed by atoms with Crippen molar-refractivity contribution in [3.05, 3.63) is 24.3 Å². The third kappa shape index (κ3) is 3.50. The number of methoxy groups -OCH3 is 1. The molecule has 2 aliphatic heterocycles. The minimum Gasteiger partial charge on any atom is -0.497 e. The van der Waals surface area contributed by atoms with Crippen molar-refractivity contribution in [1.29, 1.82) is 0 Å². The summed E-state index contributed by atoms with van der Waals surface area (Å²) in [5.41, 5.74) is 0.977. The predicted molar refractivity (Wildman–Crippen MR) is 96.4 cm³/mol. The molecule has 7 heteroatoms. The molecule has 1 aromatic rings. The van der Waals surface area contributed by atoms with Crippen LogP contribution in [0.3, 0.4) is 0 Å². The lowest BCUT2D eigenvalue weighted by atomic mass is 10.1. The Morgan fingerprint density at radius 1 is 1.30 bits per heavy atom. The number of ether oxygens (including phenoxy) is 1. The van der Waals surface area contributed by atoms with Crippen molar-refractivity contribution in [2.75, 3.05) is 29.3 Å². The van der Waals surface area contributed by atoms with Crippen molar-refractivity contribution in [1.82, 2.24) is 0 Å². The molecule has 126 valence electrons. The van der Waals surface area contributed by atoms with Crippen molar-refractivity contribution in [3.8, 4) is 5.75 Å². The molecule has 1 aromatic carbocycles. The van der Waals surface area contributed by atoms with E-state index in [2.05, 4.69) is 18.7 Å². The lowest BCUT2D eigenvalue weighted by Gasteiger charge is -2.26. The van der Waals surface area contributed by atoms with Crippen LogP contribution in [0.2, 0.25) is 0 Å².